The highest BCUT2D eigenvalue weighted by atomic mass is 79.9. The fourth-order valence-corrected chi connectivity index (χ4v) is 5.82. The normalized spacial score (nSPS) is 12.4. The number of halogens is 2. The average molecular weight is 775 g/mol. The maximum Gasteiger partial charge on any atom is 0.326 e. The van der Waals surface area contributed by atoms with Crippen LogP contribution in [0, 0.1) is 13.8 Å². The zero-order valence-electron chi connectivity index (χ0n) is 26.8. The third-order valence-corrected chi connectivity index (χ3v) is 9.08. The number of ether oxygens (including phenoxy) is 4. The number of benzene rings is 2. The van der Waals surface area contributed by atoms with E-state index in [-0.39, 0.29) is 19.0 Å². The molecule has 0 amide bonds. The summed E-state index contributed by atoms with van der Waals surface area (Å²) in [6, 6.07) is 15.8. The monoisotopic (exact) mass is 772 g/mol. The molecule has 2 aromatic heterocycles. The third-order valence-electron chi connectivity index (χ3n) is 7.94. The van der Waals surface area contributed by atoms with E-state index in [4.69, 9.17) is 24.7 Å². The second kappa shape index (κ2) is 15.9. The molecule has 4 rings (SSSR count). The summed E-state index contributed by atoms with van der Waals surface area (Å²) < 4.78 is 24.4. The van der Waals surface area contributed by atoms with Gasteiger partial charge < -0.3 is 34.9 Å². The van der Waals surface area contributed by atoms with E-state index >= 15 is 0 Å². The van der Waals surface area contributed by atoms with Crippen molar-refractivity contribution in [1.82, 2.24) is 15.3 Å². The second-order valence-corrected chi connectivity index (χ2v) is 12.7. The highest BCUT2D eigenvalue weighted by Gasteiger charge is 2.32. The predicted octanol–water partition coefficient (Wildman–Crippen LogP) is 5.84. The first kappa shape index (κ1) is 36.1. The molecule has 0 radical (unpaired) electrons. The lowest BCUT2D eigenvalue weighted by Crippen LogP contribution is -2.52. The Hall–Kier alpha value is -3.75. The summed E-state index contributed by atoms with van der Waals surface area (Å²) in [5, 5.41) is 21.9. The minimum absolute atomic E-state index is 0.103. The number of aliphatic hydroxyl groups is 1. The van der Waals surface area contributed by atoms with Gasteiger partial charge in [0.15, 0.2) is 0 Å². The molecule has 11 nitrogen and oxygen atoms in total. The first-order chi connectivity index (χ1) is 22.5. The summed E-state index contributed by atoms with van der Waals surface area (Å²) in [6.45, 7) is 5.91. The van der Waals surface area contributed by atoms with Gasteiger partial charge in [0.1, 0.15) is 18.8 Å². The average Bonchev–Trinajstić information content (AvgIpc) is 3.07. The number of carboxylic acid groups (broad SMARTS) is 1. The Bertz CT molecular complexity index is 1750. The van der Waals surface area contributed by atoms with Gasteiger partial charge in [0.25, 0.3) is 0 Å². The molecule has 4 aromatic rings. The quantitative estimate of drug-likeness (QED) is 0.115. The first-order valence-corrected chi connectivity index (χ1v) is 16.2. The van der Waals surface area contributed by atoms with Crippen molar-refractivity contribution in [1.29, 1.82) is 0 Å². The lowest BCUT2D eigenvalue weighted by molar-refractivity contribution is -0.145. The number of aromatic nitrogens is 2. The number of rotatable bonds is 15. The molecule has 5 N–H and O–H groups in total. The first-order valence-electron chi connectivity index (χ1n) is 14.6. The summed E-state index contributed by atoms with van der Waals surface area (Å²) in [5.41, 5.74) is 11.9. The Morgan fingerprint density at radius 2 is 1.30 bits per heavy atom. The van der Waals surface area contributed by atoms with E-state index in [9.17, 15) is 15.0 Å². The van der Waals surface area contributed by atoms with E-state index in [0.717, 1.165) is 38.9 Å². The van der Waals surface area contributed by atoms with Crippen molar-refractivity contribution in [2.24, 2.45) is 5.73 Å². The molecule has 0 saturated carbocycles. The number of hydrogen-bond donors (Lipinski definition) is 4. The smallest absolute Gasteiger partial charge is 0.326 e. The standard InChI is InChI=1S/C34H38Br2N4O7/c1-19-21(16-46-31-27(35)12-23(14-37)29(39-31)44-4)8-6-10-25(19)26-11-7-9-22(20(26)2)17-47-32-28(36)13-24(30(40-32)45-5)15-38-34(3,18-41)33(42)43/h6-13,38,41H,14-18,37H2,1-5H3,(H,42,43)/t34-/m1/s1. The lowest BCUT2D eigenvalue weighted by Gasteiger charge is -2.24. The lowest BCUT2D eigenvalue weighted by atomic mass is 9.92. The molecular formula is C34H38Br2N4O7. The molecule has 0 aliphatic heterocycles. The van der Waals surface area contributed by atoms with Gasteiger partial charge in [0.05, 0.1) is 29.8 Å². The zero-order chi connectivity index (χ0) is 34.3. The van der Waals surface area contributed by atoms with Gasteiger partial charge in [-0.05, 0) is 98.1 Å². The molecule has 0 aliphatic carbocycles. The largest absolute Gasteiger partial charge is 0.481 e. The molecule has 2 aromatic carbocycles. The third kappa shape index (κ3) is 8.22. The van der Waals surface area contributed by atoms with Crippen molar-refractivity contribution in [2.45, 2.75) is 52.6 Å². The molecule has 0 saturated heterocycles. The maximum atomic E-state index is 11.6. The Labute approximate surface area is 290 Å². The predicted molar refractivity (Wildman–Crippen MR) is 185 cm³/mol. The van der Waals surface area contributed by atoms with Crippen LogP contribution in [0.25, 0.3) is 11.1 Å². The summed E-state index contributed by atoms with van der Waals surface area (Å²) in [4.78, 5) is 20.5. The number of nitrogens with one attached hydrogen (secondary N) is 1. The Kier molecular flexibility index (Phi) is 12.2. The van der Waals surface area contributed by atoms with Crippen LogP contribution in [0.1, 0.15) is 40.3 Å². The molecular weight excluding hydrogens is 736 g/mol. The van der Waals surface area contributed by atoms with Crippen LogP contribution in [0.3, 0.4) is 0 Å². The van der Waals surface area contributed by atoms with Gasteiger partial charge in [-0.1, -0.05) is 36.4 Å². The summed E-state index contributed by atoms with van der Waals surface area (Å²) >= 11 is 7.05. The summed E-state index contributed by atoms with van der Waals surface area (Å²) in [5.74, 6) is 0.283. The van der Waals surface area contributed by atoms with E-state index in [2.05, 4.69) is 73.1 Å². The molecule has 0 aliphatic rings. The van der Waals surface area contributed by atoms with Crippen molar-refractivity contribution in [3.8, 4) is 34.6 Å². The van der Waals surface area contributed by atoms with Crippen LogP contribution in [0.2, 0.25) is 0 Å². The van der Waals surface area contributed by atoms with E-state index in [1.807, 2.05) is 30.3 Å². The highest BCUT2D eigenvalue weighted by Crippen LogP contribution is 2.34. The SMILES string of the molecule is COc1nc(OCc2cccc(-c3cccc(COc4nc(OC)c(CN[C@](C)(CO)C(=O)O)cc4Br)c3C)c2C)c(Br)cc1CN. The number of carboxylic acids is 1. The van der Waals surface area contributed by atoms with Gasteiger partial charge in [-0.15, -0.1) is 0 Å². The van der Waals surface area contributed by atoms with Gasteiger partial charge in [0, 0.05) is 24.2 Å². The van der Waals surface area contributed by atoms with Gasteiger partial charge in [0.2, 0.25) is 23.5 Å². The molecule has 0 unspecified atom stereocenters. The summed E-state index contributed by atoms with van der Waals surface area (Å²) in [6.07, 6.45) is 0. The molecule has 1 atom stereocenters. The van der Waals surface area contributed by atoms with Crippen molar-refractivity contribution in [2.75, 3.05) is 20.8 Å². The van der Waals surface area contributed by atoms with Gasteiger partial charge in [-0.2, -0.15) is 9.97 Å². The number of aliphatic hydroxyl groups excluding tert-OH is 1. The molecule has 0 bridgehead atoms. The van der Waals surface area contributed by atoms with E-state index in [0.29, 0.717) is 45.3 Å². The van der Waals surface area contributed by atoms with Crippen LogP contribution < -0.4 is 30.0 Å². The van der Waals surface area contributed by atoms with Crippen molar-refractivity contribution >= 4 is 37.8 Å². The van der Waals surface area contributed by atoms with Crippen LogP contribution in [-0.4, -0.2) is 52.5 Å². The Balaban J connectivity index is 1.52. The minimum Gasteiger partial charge on any atom is -0.481 e. The van der Waals surface area contributed by atoms with E-state index in [1.54, 1.807) is 13.2 Å². The fraction of sp³-hybridized carbons (Fsp3) is 0.324. The second-order valence-electron chi connectivity index (χ2n) is 11.0. The van der Waals surface area contributed by atoms with Gasteiger partial charge in [-0.25, -0.2) is 0 Å². The number of aliphatic carboxylic acids is 1. The Morgan fingerprint density at radius 1 is 0.830 bits per heavy atom. The number of pyridine rings is 2. The number of methoxy groups -OCH3 is 2. The molecule has 250 valence electrons. The molecule has 13 heteroatoms. The maximum absolute atomic E-state index is 11.6. The number of hydrogen-bond acceptors (Lipinski definition) is 10. The Morgan fingerprint density at radius 3 is 1.72 bits per heavy atom. The molecule has 0 spiro atoms. The van der Waals surface area contributed by atoms with Crippen LogP contribution in [0.5, 0.6) is 23.5 Å². The highest BCUT2D eigenvalue weighted by molar-refractivity contribution is 9.10. The fourth-order valence-electron chi connectivity index (χ4n) is 4.86. The molecule has 0 fully saturated rings. The summed E-state index contributed by atoms with van der Waals surface area (Å²) in [7, 11) is 3.03. The minimum atomic E-state index is -1.51. The van der Waals surface area contributed by atoms with Gasteiger partial charge >= 0.3 is 5.97 Å². The van der Waals surface area contributed by atoms with Crippen molar-refractivity contribution in [3.63, 3.8) is 0 Å². The van der Waals surface area contributed by atoms with E-state index in [1.165, 1.54) is 14.0 Å². The molecule has 47 heavy (non-hydrogen) atoms. The number of carbonyl (C=O) groups is 1. The van der Waals surface area contributed by atoms with Crippen LogP contribution in [0.15, 0.2) is 57.5 Å². The number of nitrogens with zero attached hydrogens (tertiary/aromatic N) is 2. The van der Waals surface area contributed by atoms with Gasteiger partial charge in [-0.3, -0.25) is 10.1 Å². The van der Waals surface area contributed by atoms with Crippen molar-refractivity contribution < 1.29 is 34.0 Å². The van der Waals surface area contributed by atoms with Crippen LogP contribution in [0.4, 0.5) is 0 Å². The topological polar surface area (TPSA) is 158 Å². The van der Waals surface area contributed by atoms with Crippen LogP contribution in [-0.2, 0) is 31.1 Å². The van der Waals surface area contributed by atoms with Crippen LogP contribution >= 0.6 is 31.9 Å². The molecule has 2 heterocycles. The van der Waals surface area contributed by atoms with Crippen molar-refractivity contribution in [3.05, 3.63) is 90.9 Å². The number of nitrogens with two attached hydrogens (primary N) is 1. The zero-order valence-corrected chi connectivity index (χ0v) is 30.0. The van der Waals surface area contributed by atoms with E-state index < -0.39 is 18.1 Å².